The molecular weight excluding hydrogens is 344 g/mol. The number of ether oxygens (including phenoxy) is 1. The number of rotatable bonds is 3. The van der Waals surface area contributed by atoms with Crippen LogP contribution < -0.4 is 16.2 Å². The lowest BCUT2D eigenvalue weighted by molar-refractivity contribution is 0.0919. The number of urea groups is 1. The van der Waals surface area contributed by atoms with Crippen molar-refractivity contribution >= 4 is 11.9 Å². The van der Waals surface area contributed by atoms with E-state index in [0.717, 1.165) is 22.6 Å². The molecule has 0 saturated carbocycles. The highest BCUT2D eigenvalue weighted by Gasteiger charge is 2.41. The van der Waals surface area contributed by atoms with Crippen molar-refractivity contribution in [2.24, 2.45) is 16.9 Å². The van der Waals surface area contributed by atoms with Gasteiger partial charge in [-0.1, -0.05) is 32.9 Å². The van der Waals surface area contributed by atoms with Crippen LogP contribution in [0.3, 0.4) is 0 Å². The van der Waals surface area contributed by atoms with Crippen LogP contribution in [-0.2, 0) is 6.54 Å². The molecule has 0 fully saturated rings. The molecule has 3 amide bonds. The van der Waals surface area contributed by atoms with Crippen LogP contribution in [-0.4, -0.2) is 35.1 Å². The molecule has 0 saturated heterocycles. The van der Waals surface area contributed by atoms with E-state index >= 15 is 0 Å². The molecule has 0 radical (unpaired) electrons. The Bertz CT molecular complexity index is 878. The first-order valence-electron chi connectivity index (χ1n) is 8.88. The van der Waals surface area contributed by atoms with Crippen LogP contribution in [0.1, 0.15) is 42.9 Å². The molecule has 27 heavy (non-hydrogen) atoms. The first kappa shape index (κ1) is 18.8. The summed E-state index contributed by atoms with van der Waals surface area (Å²) in [4.78, 5) is 26.1. The van der Waals surface area contributed by atoms with Gasteiger partial charge in [0.25, 0.3) is 5.91 Å². The van der Waals surface area contributed by atoms with E-state index in [9.17, 15) is 9.59 Å². The monoisotopic (exact) mass is 370 g/mol. The van der Waals surface area contributed by atoms with Gasteiger partial charge >= 0.3 is 6.03 Å². The molecule has 1 aromatic heterocycles. The zero-order valence-electron chi connectivity index (χ0n) is 16.2. The van der Waals surface area contributed by atoms with Crippen LogP contribution in [0.4, 0.5) is 4.79 Å². The molecule has 1 aliphatic heterocycles. The molecule has 1 aromatic carbocycles. The molecular formula is C20H26N4O3. The quantitative estimate of drug-likeness (QED) is 0.868. The molecule has 7 nitrogen and oxygen atoms in total. The van der Waals surface area contributed by atoms with Gasteiger partial charge in [-0.05, 0) is 23.1 Å². The molecule has 1 unspecified atom stereocenters. The minimum absolute atomic E-state index is 0.326. The molecule has 3 rings (SSSR count). The number of hydrogen-bond donors (Lipinski definition) is 2. The van der Waals surface area contributed by atoms with E-state index < -0.39 is 11.9 Å². The lowest BCUT2D eigenvalue weighted by Gasteiger charge is -2.43. The van der Waals surface area contributed by atoms with Gasteiger partial charge in [0, 0.05) is 24.8 Å². The van der Waals surface area contributed by atoms with Crippen molar-refractivity contribution in [3.63, 3.8) is 0 Å². The van der Waals surface area contributed by atoms with Gasteiger partial charge in [0.05, 0.1) is 24.4 Å². The molecule has 1 aliphatic rings. The SMILES string of the molecule is COc1ccc(-c2cn3c(c2C(N)=O)C(C(C)(C)C)N(C(N)=O)CC3)cc1. The summed E-state index contributed by atoms with van der Waals surface area (Å²) in [6.45, 7) is 7.11. The first-order chi connectivity index (χ1) is 12.6. The number of benzene rings is 1. The molecule has 0 spiro atoms. The summed E-state index contributed by atoms with van der Waals surface area (Å²) in [5, 5.41) is 0. The number of carbonyl (C=O) groups excluding carboxylic acids is 2. The number of primary amides is 2. The van der Waals surface area contributed by atoms with E-state index in [1.807, 2.05) is 55.8 Å². The topological polar surface area (TPSA) is 104 Å². The van der Waals surface area contributed by atoms with Gasteiger partial charge in [0.15, 0.2) is 0 Å². The molecule has 4 N–H and O–H groups in total. The lowest BCUT2D eigenvalue weighted by atomic mass is 9.81. The first-order valence-corrected chi connectivity index (χ1v) is 8.88. The number of amides is 3. The van der Waals surface area contributed by atoms with Gasteiger partial charge in [0.2, 0.25) is 0 Å². The van der Waals surface area contributed by atoms with Crippen LogP contribution in [0.15, 0.2) is 30.5 Å². The summed E-state index contributed by atoms with van der Waals surface area (Å²) in [6.07, 6.45) is 1.94. The van der Waals surface area contributed by atoms with E-state index in [-0.39, 0.29) is 11.5 Å². The summed E-state index contributed by atoms with van der Waals surface area (Å²) in [5.41, 5.74) is 13.9. The Kier molecular flexibility index (Phi) is 4.63. The van der Waals surface area contributed by atoms with Crippen molar-refractivity contribution in [1.82, 2.24) is 9.47 Å². The van der Waals surface area contributed by atoms with E-state index in [0.29, 0.717) is 18.7 Å². The summed E-state index contributed by atoms with van der Waals surface area (Å²) in [5.74, 6) is 0.214. The van der Waals surface area contributed by atoms with Crippen molar-refractivity contribution in [3.8, 4) is 16.9 Å². The highest BCUT2D eigenvalue weighted by atomic mass is 16.5. The largest absolute Gasteiger partial charge is 0.497 e. The Morgan fingerprint density at radius 1 is 1.11 bits per heavy atom. The molecule has 7 heteroatoms. The van der Waals surface area contributed by atoms with E-state index in [1.165, 1.54) is 0 Å². The van der Waals surface area contributed by atoms with Gasteiger partial charge in [-0.25, -0.2) is 4.79 Å². The van der Waals surface area contributed by atoms with Gasteiger partial charge in [-0.15, -0.1) is 0 Å². The molecule has 1 atom stereocenters. The molecule has 144 valence electrons. The van der Waals surface area contributed by atoms with Gasteiger partial charge in [-0.2, -0.15) is 0 Å². The molecule has 0 aliphatic carbocycles. The van der Waals surface area contributed by atoms with Crippen LogP contribution in [0.2, 0.25) is 0 Å². The van der Waals surface area contributed by atoms with Gasteiger partial charge in [-0.3, -0.25) is 4.79 Å². The molecule has 2 aromatic rings. The highest BCUT2D eigenvalue weighted by Crippen LogP contribution is 2.44. The average molecular weight is 370 g/mol. The normalized spacial score (nSPS) is 16.7. The number of aromatic nitrogens is 1. The van der Waals surface area contributed by atoms with E-state index in [2.05, 4.69) is 0 Å². The Morgan fingerprint density at radius 3 is 2.22 bits per heavy atom. The maximum absolute atomic E-state index is 12.4. The zero-order valence-corrected chi connectivity index (χ0v) is 16.2. The number of fused-ring (bicyclic) bond motifs is 1. The standard InChI is InChI=1S/C20H26N4O3/c1-20(2,3)17-16-15(18(21)25)14(12-5-7-13(27-4)8-6-12)11-23(16)9-10-24(17)19(22)26/h5-8,11,17H,9-10H2,1-4H3,(H2,21,25)(H2,22,26). The summed E-state index contributed by atoms with van der Waals surface area (Å²) in [6, 6.07) is 6.62. The number of hydrogen-bond acceptors (Lipinski definition) is 3. The van der Waals surface area contributed by atoms with Crippen LogP contribution in [0.5, 0.6) is 5.75 Å². The maximum atomic E-state index is 12.4. The van der Waals surface area contributed by atoms with Crippen LogP contribution >= 0.6 is 0 Å². The van der Waals surface area contributed by atoms with Crippen molar-refractivity contribution in [1.29, 1.82) is 0 Å². The number of methoxy groups -OCH3 is 1. The van der Waals surface area contributed by atoms with E-state index in [1.54, 1.807) is 12.0 Å². The second kappa shape index (κ2) is 6.64. The van der Waals surface area contributed by atoms with Crippen molar-refractivity contribution in [3.05, 3.63) is 41.7 Å². The number of nitrogens with two attached hydrogens (primary N) is 2. The van der Waals surface area contributed by atoms with E-state index in [4.69, 9.17) is 16.2 Å². The van der Waals surface area contributed by atoms with Crippen LogP contribution in [0.25, 0.3) is 11.1 Å². The predicted octanol–water partition coefficient (Wildman–Crippen LogP) is 2.74. The van der Waals surface area contributed by atoms with Crippen LogP contribution in [0, 0.1) is 5.41 Å². The number of nitrogens with zero attached hydrogens (tertiary/aromatic N) is 2. The van der Waals surface area contributed by atoms with Crippen molar-refractivity contribution in [2.45, 2.75) is 33.4 Å². The third-order valence-electron chi connectivity index (χ3n) is 5.02. The second-order valence-corrected chi connectivity index (χ2v) is 7.89. The Hall–Kier alpha value is -2.96. The Labute approximate surface area is 158 Å². The van der Waals surface area contributed by atoms with Gasteiger partial charge in [0.1, 0.15) is 5.75 Å². The Balaban J connectivity index is 2.23. The summed E-state index contributed by atoms with van der Waals surface area (Å²) < 4.78 is 7.23. The van der Waals surface area contributed by atoms with Gasteiger partial charge < -0.3 is 25.7 Å². The molecule has 0 bridgehead atoms. The van der Waals surface area contributed by atoms with Crippen molar-refractivity contribution < 1.29 is 14.3 Å². The fourth-order valence-electron chi connectivity index (χ4n) is 3.91. The third-order valence-corrected chi connectivity index (χ3v) is 5.02. The minimum Gasteiger partial charge on any atom is -0.497 e. The average Bonchev–Trinajstić information content (AvgIpc) is 2.99. The predicted molar refractivity (Wildman–Crippen MR) is 103 cm³/mol. The minimum atomic E-state index is -0.518. The fraction of sp³-hybridized carbons (Fsp3) is 0.400. The smallest absolute Gasteiger partial charge is 0.315 e. The summed E-state index contributed by atoms with van der Waals surface area (Å²) >= 11 is 0. The van der Waals surface area contributed by atoms with Crippen molar-refractivity contribution in [2.75, 3.05) is 13.7 Å². The lowest BCUT2D eigenvalue weighted by Crippen LogP contribution is -2.49. The fourth-order valence-corrected chi connectivity index (χ4v) is 3.91. The molecule has 2 heterocycles. The second-order valence-electron chi connectivity index (χ2n) is 7.89. The Morgan fingerprint density at radius 2 is 1.74 bits per heavy atom. The summed E-state index contributed by atoms with van der Waals surface area (Å²) in [7, 11) is 1.60. The highest BCUT2D eigenvalue weighted by molar-refractivity contribution is 6.01. The third kappa shape index (κ3) is 3.25. The maximum Gasteiger partial charge on any atom is 0.315 e. The number of carbonyl (C=O) groups is 2. The zero-order chi connectivity index (χ0) is 19.9.